The summed E-state index contributed by atoms with van der Waals surface area (Å²) in [5.41, 5.74) is 1.86. The van der Waals surface area contributed by atoms with Crippen LogP contribution in [0.15, 0.2) is 28.7 Å². The van der Waals surface area contributed by atoms with Crippen molar-refractivity contribution in [3.8, 4) is 0 Å². The molecule has 0 aliphatic carbocycles. The Morgan fingerprint density at radius 3 is 2.79 bits per heavy atom. The normalized spacial score (nSPS) is 15.3. The summed E-state index contributed by atoms with van der Waals surface area (Å²) in [5.74, 6) is 1.40. The van der Waals surface area contributed by atoms with Crippen LogP contribution in [0.3, 0.4) is 0 Å². The first-order chi connectivity index (χ1) is 9.31. The summed E-state index contributed by atoms with van der Waals surface area (Å²) in [6.45, 7) is 1.71. The number of hydrogen-bond acceptors (Lipinski definition) is 3. The molecule has 0 bridgehead atoms. The Morgan fingerprint density at radius 2 is 2.05 bits per heavy atom. The van der Waals surface area contributed by atoms with E-state index < -0.39 is 0 Å². The summed E-state index contributed by atoms with van der Waals surface area (Å²) >= 11 is 1.72. The van der Waals surface area contributed by atoms with Gasteiger partial charge in [-0.3, -0.25) is 4.79 Å². The second kappa shape index (κ2) is 5.29. The highest BCUT2D eigenvalue weighted by molar-refractivity contribution is 7.97. The van der Waals surface area contributed by atoms with Gasteiger partial charge >= 0.3 is 0 Å². The molecule has 0 radical (unpaired) electrons. The van der Waals surface area contributed by atoms with E-state index in [1.165, 1.54) is 0 Å². The molecule has 1 fully saturated rings. The van der Waals surface area contributed by atoms with Crippen molar-refractivity contribution in [3.63, 3.8) is 0 Å². The van der Waals surface area contributed by atoms with Crippen molar-refractivity contribution >= 4 is 28.6 Å². The van der Waals surface area contributed by atoms with E-state index in [9.17, 15) is 4.79 Å². The van der Waals surface area contributed by atoms with Gasteiger partial charge in [-0.05, 0) is 25.2 Å². The van der Waals surface area contributed by atoms with Crippen molar-refractivity contribution in [2.75, 3.05) is 19.3 Å². The molecule has 3 rings (SSSR count). The largest absolute Gasteiger partial charge is 0.451 e. The molecule has 1 amide bonds. The van der Waals surface area contributed by atoms with Crippen molar-refractivity contribution < 1.29 is 9.21 Å². The molecule has 19 heavy (non-hydrogen) atoms. The van der Waals surface area contributed by atoms with Gasteiger partial charge in [0, 0.05) is 29.8 Å². The molecule has 1 aliphatic heterocycles. The monoisotopic (exact) mass is 275 g/mol. The Bertz CT molecular complexity index is 599. The van der Waals surface area contributed by atoms with E-state index in [1.54, 1.807) is 11.8 Å². The second-order valence-electron chi connectivity index (χ2n) is 4.84. The number of fused-ring (bicyclic) bond motifs is 1. The first kappa shape index (κ1) is 12.6. The molecular weight excluding hydrogens is 258 g/mol. The highest BCUT2D eigenvalue weighted by atomic mass is 32.2. The topological polar surface area (TPSA) is 33.5 Å². The predicted molar refractivity (Wildman–Crippen MR) is 78.6 cm³/mol. The minimum atomic E-state index is 0.0535. The van der Waals surface area contributed by atoms with Crippen LogP contribution in [0.25, 0.3) is 11.0 Å². The fourth-order valence-corrected chi connectivity index (χ4v) is 3.20. The number of carbonyl (C=O) groups excluding carboxylic acids is 1. The van der Waals surface area contributed by atoms with Crippen LogP contribution in [0.4, 0.5) is 0 Å². The van der Waals surface area contributed by atoms with Crippen LogP contribution in [0.1, 0.15) is 29.0 Å². The van der Waals surface area contributed by atoms with Crippen LogP contribution < -0.4 is 0 Å². The van der Waals surface area contributed by atoms with Crippen LogP contribution in [0, 0.1) is 0 Å². The van der Waals surface area contributed by atoms with Gasteiger partial charge in [0.2, 0.25) is 0 Å². The van der Waals surface area contributed by atoms with Crippen LogP contribution in [-0.4, -0.2) is 30.2 Å². The Morgan fingerprint density at radius 1 is 1.32 bits per heavy atom. The first-order valence-electron chi connectivity index (χ1n) is 6.60. The lowest BCUT2D eigenvalue weighted by Crippen LogP contribution is -2.27. The van der Waals surface area contributed by atoms with E-state index in [4.69, 9.17) is 4.42 Å². The number of rotatable bonds is 3. The van der Waals surface area contributed by atoms with Gasteiger partial charge < -0.3 is 9.32 Å². The molecule has 2 heterocycles. The van der Waals surface area contributed by atoms with E-state index in [0.717, 1.165) is 48.2 Å². The number of benzene rings is 1. The molecule has 1 aromatic heterocycles. The molecule has 4 heteroatoms. The number of nitrogens with zero attached hydrogens (tertiary/aromatic N) is 1. The molecule has 3 nitrogen and oxygen atoms in total. The Hall–Kier alpha value is -1.42. The molecular formula is C15H17NO2S. The number of carbonyl (C=O) groups is 1. The van der Waals surface area contributed by atoms with Gasteiger partial charge in [0.15, 0.2) is 5.76 Å². The van der Waals surface area contributed by atoms with Gasteiger partial charge in [0.25, 0.3) is 5.91 Å². The summed E-state index contributed by atoms with van der Waals surface area (Å²) < 4.78 is 5.82. The lowest BCUT2D eigenvalue weighted by molar-refractivity contribution is 0.0762. The van der Waals surface area contributed by atoms with E-state index in [-0.39, 0.29) is 5.91 Å². The maximum Gasteiger partial charge on any atom is 0.289 e. The quantitative estimate of drug-likeness (QED) is 0.859. The average molecular weight is 275 g/mol. The molecule has 0 atom stereocenters. The van der Waals surface area contributed by atoms with E-state index >= 15 is 0 Å². The summed E-state index contributed by atoms with van der Waals surface area (Å²) in [7, 11) is 0. The SMILES string of the molecule is CSCc1c(C(=O)N2CCCC2)oc2ccccc12. The molecule has 0 N–H and O–H groups in total. The summed E-state index contributed by atoms with van der Waals surface area (Å²) in [5, 5.41) is 1.07. The van der Waals surface area contributed by atoms with Gasteiger partial charge in [0.1, 0.15) is 5.58 Å². The molecule has 100 valence electrons. The van der Waals surface area contributed by atoms with E-state index in [1.807, 2.05) is 35.4 Å². The second-order valence-corrected chi connectivity index (χ2v) is 5.70. The van der Waals surface area contributed by atoms with Gasteiger partial charge in [-0.2, -0.15) is 11.8 Å². The number of likely N-dealkylation sites (tertiary alicyclic amines) is 1. The van der Waals surface area contributed by atoms with Gasteiger partial charge in [0.05, 0.1) is 0 Å². The minimum Gasteiger partial charge on any atom is -0.451 e. The third-order valence-electron chi connectivity index (χ3n) is 3.57. The molecule has 0 spiro atoms. The average Bonchev–Trinajstić information content (AvgIpc) is 3.06. The number of amides is 1. The van der Waals surface area contributed by atoms with Crippen LogP contribution in [0.5, 0.6) is 0 Å². The number of thioether (sulfide) groups is 1. The fourth-order valence-electron chi connectivity index (χ4n) is 2.62. The van der Waals surface area contributed by atoms with Crippen LogP contribution in [0.2, 0.25) is 0 Å². The number of para-hydroxylation sites is 1. The van der Waals surface area contributed by atoms with Gasteiger partial charge in [-0.25, -0.2) is 0 Å². The fraction of sp³-hybridized carbons (Fsp3) is 0.400. The lowest BCUT2D eigenvalue weighted by Gasteiger charge is -2.14. The molecule has 2 aromatic rings. The van der Waals surface area contributed by atoms with E-state index in [2.05, 4.69) is 0 Å². The Labute approximate surface area is 117 Å². The molecule has 1 saturated heterocycles. The van der Waals surface area contributed by atoms with E-state index in [0.29, 0.717) is 5.76 Å². The smallest absolute Gasteiger partial charge is 0.289 e. The number of furan rings is 1. The van der Waals surface area contributed by atoms with Crippen molar-refractivity contribution in [1.29, 1.82) is 0 Å². The summed E-state index contributed by atoms with van der Waals surface area (Å²) in [6, 6.07) is 7.90. The highest BCUT2D eigenvalue weighted by Gasteiger charge is 2.26. The first-order valence-corrected chi connectivity index (χ1v) is 7.99. The summed E-state index contributed by atoms with van der Waals surface area (Å²) in [4.78, 5) is 14.4. The molecule has 1 aromatic carbocycles. The Kier molecular flexibility index (Phi) is 3.51. The predicted octanol–water partition coefficient (Wildman–Crippen LogP) is 3.53. The third-order valence-corrected chi connectivity index (χ3v) is 4.15. The van der Waals surface area contributed by atoms with Crippen molar-refractivity contribution in [2.24, 2.45) is 0 Å². The van der Waals surface area contributed by atoms with Crippen LogP contribution in [-0.2, 0) is 5.75 Å². The highest BCUT2D eigenvalue weighted by Crippen LogP contribution is 2.30. The lowest BCUT2D eigenvalue weighted by atomic mass is 10.1. The zero-order valence-electron chi connectivity index (χ0n) is 11.0. The molecule has 0 unspecified atom stereocenters. The van der Waals surface area contributed by atoms with Gasteiger partial charge in [-0.15, -0.1) is 0 Å². The van der Waals surface area contributed by atoms with Crippen LogP contribution >= 0.6 is 11.8 Å². The van der Waals surface area contributed by atoms with Crippen molar-refractivity contribution in [2.45, 2.75) is 18.6 Å². The Balaban J connectivity index is 2.05. The standard InChI is InChI=1S/C15H17NO2S/c1-19-10-12-11-6-2-3-7-13(11)18-14(12)15(17)16-8-4-5-9-16/h2-3,6-7H,4-5,8-10H2,1H3. The summed E-state index contributed by atoms with van der Waals surface area (Å²) in [6.07, 6.45) is 4.25. The zero-order valence-corrected chi connectivity index (χ0v) is 11.8. The van der Waals surface area contributed by atoms with Crippen molar-refractivity contribution in [1.82, 2.24) is 4.90 Å². The zero-order chi connectivity index (χ0) is 13.2. The minimum absolute atomic E-state index is 0.0535. The maximum atomic E-state index is 12.5. The van der Waals surface area contributed by atoms with Crippen molar-refractivity contribution in [3.05, 3.63) is 35.6 Å². The third kappa shape index (κ3) is 2.25. The molecule has 0 saturated carbocycles. The van der Waals surface area contributed by atoms with Gasteiger partial charge in [-0.1, -0.05) is 18.2 Å². The maximum absolute atomic E-state index is 12.5. The number of hydrogen-bond donors (Lipinski definition) is 0. The molecule has 1 aliphatic rings.